The molecule has 1 atom stereocenters. The lowest BCUT2D eigenvalue weighted by atomic mass is 9.94. The fourth-order valence-corrected chi connectivity index (χ4v) is 5.44. The average molecular weight is 570 g/mol. The standard InChI is InChI=1S/C32H35N5O3S/c1-6-16-41-32-35-31-33-22(4)28(30(38)34-25-13-10-20(2)11-14-25)29(37(31)36-32)24-12-15-26(27(18-24)39-5)40-19-23-9-7-8-21(3)17-23/h7-15,17-18,29H,6,16,19H2,1-5H3,(H,34,38)(H,33,35,36). The Kier molecular flexibility index (Phi) is 8.64. The molecule has 1 aliphatic rings. The lowest BCUT2D eigenvalue weighted by molar-refractivity contribution is -0.113. The van der Waals surface area contributed by atoms with Crippen molar-refractivity contribution in [3.63, 3.8) is 0 Å². The number of hydrogen-bond acceptors (Lipinski definition) is 7. The second kappa shape index (κ2) is 12.5. The second-order valence-corrected chi connectivity index (χ2v) is 11.1. The van der Waals surface area contributed by atoms with Crippen molar-refractivity contribution in [1.82, 2.24) is 14.8 Å². The van der Waals surface area contributed by atoms with E-state index in [2.05, 4.69) is 36.6 Å². The smallest absolute Gasteiger partial charge is 0.255 e. The zero-order valence-corrected chi connectivity index (χ0v) is 24.8. The molecule has 0 saturated carbocycles. The zero-order valence-electron chi connectivity index (χ0n) is 24.0. The third kappa shape index (κ3) is 6.41. The summed E-state index contributed by atoms with van der Waals surface area (Å²) < 4.78 is 13.7. The van der Waals surface area contributed by atoms with E-state index < -0.39 is 6.04 Å². The third-order valence-electron chi connectivity index (χ3n) is 6.80. The molecule has 1 unspecified atom stereocenters. The maximum atomic E-state index is 13.8. The number of carbonyl (C=O) groups excluding carboxylic acids is 1. The van der Waals surface area contributed by atoms with Crippen molar-refractivity contribution in [2.75, 3.05) is 23.5 Å². The van der Waals surface area contributed by atoms with Crippen LogP contribution in [-0.2, 0) is 11.4 Å². The lowest BCUT2D eigenvalue weighted by Crippen LogP contribution is -2.31. The summed E-state index contributed by atoms with van der Waals surface area (Å²) in [5.74, 6) is 2.48. The normalized spacial score (nSPS) is 14.3. The van der Waals surface area contributed by atoms with E-state index in [0.29, 0.717) is 40.5 Å². The summed E-state index contributed by atoms with van der Waals surface area (Å²) in [4.78, 5) is 18.5. The van der Waals surface area contributed by atoms with Gasteiger partial charge in [0.15, 0.2) is 11.5 Å². The topological polar surface area (TPSA) is 90.3 Å². The number of allylic oxidation sites excluding steroid dienone is 1. The minimum atomic E-state index is -0.528. The van der Waals surface area contributed by atoms with Crippen LogP contribution < -0.4 is 20.1 Å². The Balaban J connectivity index is 1.50. The first-order valence-electron chi connectivity index (χ1n) is 13.7. The molecule has 1 amide bonds. The minimum Gasteiger partial charge on any atom is -0.493 e. The van der Waals surface area contributed by atoms with Gasteiger partial charge in [-0.25, -0.2) is 4.68 Å². The van der Waals surface area contributed by atoms with Crippen molar-refractivity contribution in [2.24, 2.45) is 0 Å². The largest absolute Gasteiger partial charge is 0.493 e. The van der Waals surface area contributed by atoms with E-state index in [4.69, 9.17) is 19.6 Å². The van der Waals surface area contributed by atoms with Crippen molar-refractivity contribution >= 4 is 29.3 Å². The van der Waals surface area contributed by atoms with Crippen molar-refractivity contribution < 1.29 is 14.3 Å². The summed E-state index contributed by atoms with van der Waals surface area (Å²) in [5.41, 5.74) is 6.19. The van der Waals surface area contributed by atoms with Crippen LogP contribution in [0.1, 0.15) is 48.6 Å². The van der Waals surface area contributed by atoms with Gasteiger partial charge in [-0.05, 0) is 62.6 Å². The molecule has 8 nitrogen and oxygen atoms in total. The molecule has 0 bridgehead atoms. The third-order valence-corrected chi connectivity index (χ3v) is 7.85. The van der Waals surface area contributed by atoms with Gasteiger partial charge < -0.3 is 20.1 Å². The van der Waals surface area contributed by atoms with Gasteiger partial charge in [0.25, 0.3) is 5.91 Å². The quantitative estimate of drug-likeness (QED) is 0.201. The first-order chi connectivity index (χ1) is 19.9. The molecule has 3 aromatic carbocycles. The Morgan fingerprint density at radius 2 is 1.83 bits per heavy atom. The molecule has 41 heavy (non-hydrogen) atoms. The number of hydrogen-bond donors (Lipinski definition) is 2. The summed E-state index contributed by atoms with van der Waals surface area (Å²) in [6.45, 7) is 8.51. The van der Waals surface area contributed by atoms with E-state index in [9.17, 15) is 4.79 Å². The average Bonchev–Trinajstić information content (AvgIpc) is 3.37. The van der Waals surface area contributed by atoms with Crippen molar-refractivity contribution in [2.45, 2.75) is 51.9 Å². The van der Waals surface area contributed by atoms with E-state index in [1.54, 1.807) is 23.6 Å². The number of thioether (sulfide) groups is 1. The number of rotatable bonds is 10. The number of nitrogens with one attached hydrogen (secondary N) is 2. The van der Waals surface area contributed by atoms with Crippen LogP contribution in [0.4, 0.5) is 11.6 Å². The molecule has 9 heteroatoms. The number of carbonyl (C=O) groups is 1. The van der Waals surface area contributed by atoms with E-state index >= 15 is 0 Å². The molecular formula is C32H35N5O3S. The van der Waals surface area contributed by atoms with Crippen LogP contribution in [0.5, 0.6) is 11.5 Å². The van der Waals surface area contributed by atoms with Crippen LogP contribution in [0.3, 0.4) is 0 Å². The van der Waals surface area contributed by atoms with Gasteiger partial charge in [0.05, 0.1) is 12.7 Å². The first-order valence-corrected chi connectivity index (χ1v) is 14.7. The van der Waals surface area contributed by atoms with Gasteiger partial charge in [-0.15, -0.1) is 5.10 Å². The molecule has 5 rings (SSSR count). The van der Waals surface area contributed by atoms with Gasteiger partial charge >= 0.3 is 0 Å². The zero-order chi connectivity index (χ0) is 28.9. The van der Waals surface area contributed by atoms with Crippen LogP contribution in [0, 0.1) is 13.8 Å². The number of fused-ring (bicyclic) bond motifs is 1. The Morgan fingerprint density at radius 1 is 1.02 bits per heavy atom. The van der Waals surface area contributed by atoms with Crippen LogP contribution in [-0.4, -0.2) is 33.5 Å². The highest BCUT2D eigenvalue weighted by Crippen LogP contribution is 2.40. The van der Waals surface area contributed by atoms with E-state index in [0.717, 1.165) is 34.6 Å². The molecular weight excluding hydrogens is 534 g/mol. The fraction of sp³-hybridized carbons (Fsp3) is 0.281. The molecule has 0 aliphatic carbocycles. The van der Waals surface area contributed by atoms with Gasteiger partial charge in [0.1, 0.15) is 12.6 Å². The number of aromatic nitrogens is 3. The van der Waals surface area contributed by atoms with Crippen LogP contribution in [0.25, 0.3) is 0 Å². The molecule has 2 heterocycles. The molecule has 1 aliphatic heterocycles. The molecule has 212 valence electrons. The number of anilines is 2. The number of methoxy groups -OCH3 is 1. The molecule has 1 aromatic heterocycles. The van der Waals surface area contributed by atoms with Gasteiger partial charge in [0.2, 0.25) is 11.1 Å². The van der Waals surface area contributed by atoms with Crippen LogP contribution >= 0.6 is 11.8 Å². The number of benzene rings is 3. The minimum absolute atomic E-state index is 0.216. The van der Waals surface area contributed by atoms with Gasteiger partial charge in [-0.2, -0.15) is 4.98 Å². The molecule has 0 spiro atoms. The van der Waals surface area contributed by atoms with Crippen LogP contribution in [0.15, 0.2) is 83.2 Å². The summed E-state index contributed by atoms with van der Waals surface area (Å²) >= 11 is 1.59. The summed E-state index contributed by atoms with van der Waals surface area (Å²) in [6, 6.07) is 21.2. The fourth-order valence-electron chi connectivity index (χ4n) is 4.76. The lowest BCUT2D eigenvalue weighted by Gasteiger charge is -2.29. The van der Waals surface area contributed by atoms with E-state index in [1.807, 2.05) is 68.4 Å². The summed E-state index contributed by atoms with van der Waals surface area (Å²) in [5, 5.41) is 11.8. The van der Waals surface area contributed by atoms with Crippen molar-refractivity contribution in [3.8, 4) is 11.5 Å². The van der Waals surface area contributed by atoms with E-state index in [1.165, 1.54) is 5.56 Å². The highest BCUT2D eigenvalue weighted by atomic mass is 32.2. The number of amides is 1. The highest BCUT2D eigenvalue weighted by Gasteiger charge is 2.35. The molecule has 4 aromatic rings. The molecule has 2 N–H and O–H groups in total. The Hall–Kier alpha value is -4.24. The number of nitrogens with zero attached hydrogens (tertiary/aromatic N) is 3. The van der Waals surface area contributed by atoms with E-state index in [-0.39, 0.29) is 5.91 Å². The van der Waals surface area contributed by atoms with Gasteiger partial charge in [-0.3, -0.25) is 4.79 Å². The van der Waals surface area contributed by atoms with Gasteiger partial charge in [-0.1, -0.05) is 72.3 Å². The maximum Gasteiger partial charge on any atom is 0.255 e. The van der Waals surface area contributed by atoms with Gasteiger partial charge in [0, 0.05) is 17.1 Å². The monoisotopic (exact) mass is 569 g/mol. The molecule has 0 saturated heterocycles. The molecule has 0 fully saturated rings. The summed E-state index contributed by atoms with van der Waals surface area (Å²) in [7, 11) is 1.62. The van der Waals surface area contributed by atoms with Crippen molar-refractivity contribution in [3.05, 3.63) is 100 Å². The Bertz CT molecular complexity index is 1580. The van der Waals surface area contributed by atoms with Crippen molar-refractivity contribution in [1.29, 1.82) is 0 Å². The second-order valence-electron chi connectivity index (χ2n) is 10.1. The predicted molar refractivity (Wildman–Crippen MR) is 164 cm³/mol. The number of aryl methyl sites for hydroxylation is 2. The SMILES string of the molecule is CCCSc1nc2n(n1)C(c1ccc(OCc3cccc(C)c3)c(OC)c1)C(C(=O)Nc1ccc(C)cc1)=C(C)N2. The first kappa shape index (κ1) is 28.3. The summed E-state index contributed by atoms with van der Waals surface area (Å²) in [6.07, 6.45) is 1.01. The Labute approximate surface area is 245 Å². The maximum absolute atomic E-state index is 13.8. The number of ether oxygens (including phenoxy) is 2. The predicted octanol–water partition coefficient (Wildman–Crippen LogP) is 6.91. The Morgan fingerprint density at radius 3 is 2.56 bits per heavy atom. The molecule has 0 radical (unpaired) electrons. The highest BCUT2D eigenvalue weighted by molar-refractivity contribution is 7.99. The van der Waals surface area contributed by atoms with Crippen LogP contribution in [0.2, 0.25) is 0 Å².